The number of fused-ring (bicyclic) bond motifs is 2. The maximum atomic E-state index is 2.36. The molecule has 1 nitrogen and oxygen atoms in total. The molecule has 0 N–H and O–H groups in total. The van der Waals surface area contributed by atoms with Crippen LogP contribution in [-0.4, -0.2) is 0 Å². The molecule has 6 aromatic carbocycles. The molecule has 0 unspecified atom stereocenters. The van der Waals surface area contributed by atoms with Crippen LogP contribution < -0.4 is 4.90 Å². The zero-order valence-corrected chi connectivity index (χ0v) is 18.2. The second kappa shape index (κ2) is 8.29. The van der Waals surface area contributed by atoms with Crippen LogP contribution >= 0.6 is 0 Å². The number of anilines is 3. The molecular formula is C32H23N. The summed E-state index contributed by atoms with van der Waals surface area (Å²) in [4.78, 5) is 2.36. The lowest BCUT2D eigenvalue weighted by Gasteiger charge is -2.28. The molecule has 0 aromatic heterocycles. The van der Waals surface area contributed by atoms with Crippen LogP contribution in [0.4, 0.5) is 17.1 Å². The number of nitrogens with zero attached hydrogens (tertiary/aromatic N) is 1. The SMILES string of the molecule is c1ccc(N(c2ccccc2)c2cc3ccccc3cc2-c2ccc3ccccc3c2)cc1. The molecule has 0 saturated carbocycles. The Kier molecular flexibility index (Phi) is 4.86. The Bertz CT molecular complexity index is 1510. The van der Waals surface area contributed by atoms with Crippen molar-refractivity contribution in [2.45, 2.75) is 0 Å². The van der Waals surface area contributed by atoms with Crippen LogP contribution in [0, 0.1) is 0 Å². The van der Waals surface area contributed by atoms with Crippen molar-refractivity contribution in [3.05, 3.63) is 140 Å². The summed E-state index contributed by atoms with van der Waals surface area (Å²) in [6.07, 6.45) is 0. The quantitative estimate of drug-likeness (QED) is 0.274. The third-order valence-corrected chi connectivity index (χ3v) is 6.19. The van der Waals surface area contributed by atoms with Gasteiger partial charge in [0, 0.05) is 16.9 Å². The van der Waals surface area contributed by atoms with E-state index in [0.29, 0.717) is 0 Å². The molecule has 6 aromatic rings. The van der Waals surface area contributed by atoms with Crippen LogP contribution in [0.2, 0.25) is 0 Å². The molecule has 0 radical (unpaired) electrons. The van der Waals surface area contributed by atoms with Crippen molar-refractivity contribution in [1.29, 1.82) is 0 Å². The van der Waals surface area contributed by atoms with E-state index in [1.54, 1.807) is 0 Å². The second-order valence-corrected chi connectivity index (χ2v) is 8.28. The standard InChI is InChI=1S/C32H23N/c1-3-15-29(16-4-1)33(30-17-5-2-6-18-30)32-23-27-14-10-9-13-26(27)22-31(32)28-20-19-24-11-7-8-12-25(24)21-28/h1-23H. The van der Waals surface area contributed by atoms with Gasteiger partial charge >= 0.3 is 0 Å². The number of rotatable bonds is 4. The van der Waals surface area contributed by atoms with Crippen molar-refractivity contribution in [1.82, 2.24) is 0 Å². The summed E-state index contributed by atoms with van der Waals surface area (Å²) >= 11 is 0. The first kappa shape index (κ1) is 19.3. The summed E-state index contributed by atoms with van der Waals surface area (Å²) in [5.41, 5.74) is 5.88. The minimum atomic E-state index is 1.14. The van der Waals surface area contributed by atoms with Gasteiger partial charge in [0.25, 0.3) is 0 Å². The predicted molar refractivity (Wildman–Crippen MR) is 142 cm³/mol. The van der Waals surface area contributed by atoms with E-state index < -0.39 is 0 Å². The first-order valence-corrected chi connectivity index (χ1v) is 11.3. The fourth-order valence-electron chi connectivity index (χ4n) is 4.58. The van der Waals surface area contributed by atoms with E-state index in [0.717, 1.165) is 11.4 Å². The Hall–Kier alpha value is -4.36. The van der Waals surface area contributed by atoms with Crippen molar-refractivity contribution in [2.75, 3.05) is 4.90 Å². The number of para-hydroxylation sites is 2. The van der Waals surface area contributed by atoms with Gasteiger partial charge in [-0.05, 0) is 69.6 Å². The molecule has 0 fully saturated rings. The summed E-state index contributed by atoms with van der Waals surface area (Å²) < 4.78 is 0. The average molecular weight is 422 g/mol. The monoisotopic (exact) mass is 421 g/mol. The van der Waals surface area contributed by atoms with Crippen LogP contribution in [0.5, 0.6) is 0 Å². The average Bonchev–Trinajstić information content (AvgIpc) is 2.89. The molecule has 0 aliphatic heterocycles. The summed E-state index contributed by atoms with van der Waals surface area (Å²) in [5, 5.41) is 4.98. The summed E-state index contributed by atoms with van der Waals surface area (Å²) in [6.45, 7) is 0. The van der Waals surface area contributed by atoms with Gasteiger partial charge in [0.2, 0.25) is 0 Å². The zero-order chi connectivity index (χ0) is 22.0. The summed E-state index contributed by atoms with van der Waals surface area (Å²) in [6, 6.07) is 49.8. The van der Waals surface area contributed by atoms with Crippen molar-refractivity contribution in [3.8, 4) is 11.1 Å². The smallest absolute Gasteiger partial charge is 0.0546 e. The number of benzene rings is 6. The maximum Gasteiger partial charge on any atom is 0.0546 e. The molecule has 0 aliphatic rings. The molecule has 0 bridgehead atoms. The highest BCUT2D eigenvalue weighted by molar-refractivity contribution is 6.00. The largest absolute Gasteiger partial charge is 0.310 e. The Morgan fingerprint density at radius 1 is 0.364 bits per heavy atom. The van der Waals surface area contributed by atoms with E-state index >= 15 is 0 Å². The van der Waals surface area contributed by atoms with Gasteiger partial charge in [-0.15, -0.1) is 0 Å². The predicted octanol–water partition coefficient (Wildman–Crippen LogP) is 9.13. The molecule has 0 aliphatic carbocycles. The van der Waals surface area contributed by atoms with Crippen molar-refractivity contribution < 1.29 is 0 Å². The lowest BCUT2D eigenvalue weighted by molar-refractivity contribution is 1.29. The van der Waals surface area contributed by atoms with Gasteiger partial charge in [-0.3, -0.25) is 0 Å². The van der Waals surface area contributed by atoms with Crippen molar-refractivity contribution in [3.63, 3.8) is 0 Å². The lowest BCUT2D eigenvalue weighted by Crippen LogP contribution is -2.11. The lowest BCUT2D eigenvalue weighted by atomic mass is 9.95. The Labute approximate surface area is 194 Å². The van der Waals surface area contributed by atoms with E-state index in [1.807, 2.05) is 0 Å². The molecule has 1 heteroatoms. The van der Waals surface area contributed by atoms with Crippen LogP contribution in [0.3, 0.4) is 0 Å². The summed E-state index contributed by atoms with van der Waals surface area (Å²) in [5.74, 6) is 0. The van der Waals surface area contributed by atoms with Gasteiger partial charge in [-0.2, -0.15) is 0 Å². The van der Waals surface area contributed by atoms with Crippen LogP contribution in [-0.2, 0) is 0 Å². The topological polar surface area (TPSA) is 3.24 Å². The fourth-order valence-corrected chi connectivity index (χ4v) is 4.58. The molecule has 0 spiro atoms. The third-order valence-electron chi connectivity index (χ3n) is 6.19. The first-order valence-electron chi connectivity index (χ1n) is 11.3. The van der Waals surface area contributed by atoms with E-state index in [1.165, 1.54) is 38.4 Å². The van der Waals surface area contributed by atoms with E-state index in [2.05, 4.69) is 144 Å². The minimum absolute atomic E-state index is 1.14. The normalized spacial score (nSPS) is 11.0. The third kappa shape index (κ3) is 3.64. The molecular weight excluding hydrogens is 398 g/mol. The second-order valence-electron chi connectivity index (χ2n) is 8.28. The Morgan fingerprint density at radius 3 is 1.45 bits per heavy atom. The highest BCUT2D eigenvalue weighted by atomic mass is 15.1. The Morgan fingerprint density at radius 2 is 0.848 bits per heavy atom. The molecule has 33 heavy (non-hydrogen) atoms. The molecule has 0 amide bonds. The first-order chi connectivity index (χ1) is 16.4. The molecule has 0 heterocycles. The highest BCUT2D eigenvalue weighted by Crippen LogP contribution is 2.43. The molecule has 6 rings (SSSR count). The highest BCUT2D eigenvalue weighted by Gasteiger charge is 2.18. The van der Waals surface area contributed by atoms with E-state index in [-0.39, 0.29) is 0 Å². The van der Waals surface area contributed by atoms with Gasteiger partial charge in [-0.1, -0.05) is 97.1 Å². The van der Waals surface area contributed by atoms with Gasteiger partial charge in [0.05, 0.1) is 5.69 Å². The van der Waals surface area contributed by atoms with Gasteiger partial charge in [-0.25, -0.2) is 0 Å². The van der Waals surface area contributed by atoms with Gasteiger partial charge in [0.1, 0.15) is 0 Å². The van der Waals surface area contributed by atoms with Gasteiger partial charge in [0.15, 0.2) is 0 Å². The number of hydrogen-bond donors (Lipinski definition) is 0. The Balaban J connectivity index is 1.66. The minimum Gasteiger partial charge on any atom is -0.310 e. The zero-order valence-electron chi connectivity index (χ0n) is 18.2. The van der Waals surface area contributed by atoms with Crippen molar-refractivity contribution in [2.24, 2.45) is 0 Å². The molecule has 0 saturated heterocycles. The van der Waals surface area contributed by atoms with E-state index in [4.69, 9.17) is 0 Å². The summed E-state index contributed by atoms with van der Waals surface area (Å²) in [7, 11) is 0. The van der Waals surface area contributed by atoms with Crippen LogP contribution in [0.25, 0.3) is 32.7 Å². The van der Waals surface area contributed by atoms with Crippen LogP contribution in [0.15, 0.2) is 140 Å². The molecule has 0 atom stereocenters. The van der Waals surface area contributed by atoms with Gasteiger partial charge < -0.3 is 4.90 Å². The fraction of sp³-hybridized carbons (Fsp3) is 0. The maximum absolute atomic E-state index is 2.36. The van der Waals surface area contributed by atoms with E-state index in [9.17, 15) is 0 Å². The molecule has 156 valence electrons. The number of hydrogen-bond acceptors (Lipinski definition) is 1. The van der Waals surface area contributed by atoms with Crippen LogP contribution in [0.1, 0.15) is 0 Å². The van der Waals surface area contributed by atoms with Crippen molar-refractivity contribution >= 4 is 38.6 Å².